The smallest absolute Gasteiger partial charge is 0.328 e. The normalized spacial score (nSPS) is 10.7. The molecule has 3 nitrogen and oxygen atoms in total. The van der Waals surface area contributed by atoms with Crippen LogP contribution in [0, 0.1) is 6.92 Å². The largest absolute Gasteiger partial charge is 0.478 e. The standard InChI is InChI=1S/C11H13NO2S/c1-8-4-5-9(12)7-10(8)15-6-2-3-11(13)14/h2-5,7H,6,12H2,1H3,(H,13,14)/b3-2+. The molecule has 1 rings (SSSR count). The monoisotopic (exact) mass is 223 g/mol. The van der Waals surface area contributed by atoms with Crippen LogP contribution >= 0.6 is 11.8 Å². The Morgan fingerprint density at radius 3 is 3.00 bits per heavy atom. The Morgan fingerprint density at radius 2 is 2.33 bits per heavy atom. The highest BCUT2D eigenvalue weighted by molar-refractivity contribution is 7.99. The first-order chi connectivity index (χ1) is 7.09. The van der Waals surface area contributed by atoms with Gasteiger partial charge < -0.3 is 10.8 Å². The van der Waals surface area contributed by atoms with Crippen molar-refractivity contribution in [2.75, 3.05) is 11.5 Å². The Labute approximate surface area is 93.0 Å². The number of aryl methyl sites for hydroxylation is 1. The van der Waals surface area contributed by atoms with E-state index >= 15 is 0 Å². The van der Waals surface area contributed by atoms with E-state index in [-0.39, 0.29) is 0 Å². The molecule has 0 aliphatic carbocycles. The summed E-state index contributed by atoms with van der Waals surface area (Å²) >= 11 is 1.57. The maximum absolute atomic E-state index is 10.2. The summed E-state index contributed by atoms with van der Waals surface area (Å²) in [5.74, 6) is -0.281. The molecule has 0 radical (unpaired) electrons. The topological polar surface area (TPSA) is 63.3 Å². The molecule has 0 spiro atoms. The van der Waals surface area contributed by atoms with E-state index in [1.807, 2.05) is 25.1 Å². The molecule has 0 aromatic heterocycles. The number of carboxylic acids is 1. The predicted molar refractivity (Wildman–Crippen MR) is 63.1 cm³/mol. The molecular formula is C11H13NO2S. The van der Waals surface area contributed by atoms with E-state index in [4.69, 9.17) is 10.8 Å². The summed E-state index contributed by atoms with van der Waals surface area (Å²) in [6.45, 7) is 2.00. The van der Waals surface area contributed by atoms with Crippen molar-refractivity contribution in [1.82, 2.24) is 0 Å². The van der Waals surface area contributed by atoms with E-state index in [1.165, 1.54) is 0 Å². The van der Waals surface area contributed by atoms with Crippen molar-refractivity contribution in [2.24, 2.45) is 0 Å². The van der Waals surface area contributed by atoms with Crippen LogP contribution in [0.1, 0.15) is 5.56 Å². The number of benzene rings is 1. The summed E-state index contributed by atoms with van der Waals surface area (Å²) in [5.41, 5.74) is 7.53. The molecule has 80 valence electrons. The average molecular weight is 223 g/mol. The molecule has 3 N–H and O–H groups in total. The van der Waals surface area contributed by atoms with Gasteiger partial charge in [-0.3, -0.25) is 0 Å². The molecule has 0 aliphatic rings. The van der Waals surface area contributed by atoms with Crippen LogP contribution in [0.15, 0.2) is 35.2 Å². The fraction of sp³-hybridized carbons (Fsp3) is 0.182. The predicted octanol–water partition coefficient (Wildman–Crippen LogP) is 2.31. The van der Waals surface area contributed by atoms with Crippen molar-refractivity contribution >= 4 is 23.4 Å². The number of rotatable bonds is 4. The van der Waals surface area contributed by atoms with Gasteiger partial charge in [-0.1, -0.05) is 12.1 Å². The highest BCUT2D eigenvalue weighted by Gasteiger charge is 1.98. The van der Waals surface area contributed by atoms with Gasteiger partial charge in [-0.15, -0.1) is 11.8 Å². The Hall–Kier alpha value is -1.42. The van der Waals surface area contributed by atoms with Gasteiger partial charge in [-0.05, 0) is 24.6 Å². The lowest BCUT2D eigenvalue weighted by atomic mass is 10.2. The van der Waals surface area contributed by atoms with Gasteiger partial charge in [0.15, 0.2) is 0 Å². The van der Waals surface area contributed by atoms with E-state index in [0.29, 0.717) is 5.75 Å². The van der Waals surface area contributed by atoms with Crippen LogP contribution in [0.3, 0.4) is 0 Å². The van der Waals surface area contributed by atoms with Crippen molar-refractivity contribution in [3.8, 4) is 0 Å². The van der Waals surface area contributed by atoms with Gasteiger partial charge in [-0.2, -0.15) is 0 Å². The third-order valence-electron chi connectivity index (χ3n) is 1.81. The zero-order chi connectivity index (χ0) is 11.3. The minimum absolute atomic E-state index is 0.636. The zero-order valence-electron chi connectivity index (χ0n) is 8.43. The summed E-state index contributed by atoms with van der Waals surface area (Å²) in [6, 6.07) is 5.71. The SMILES string of the molecule is Cc1ccc(N)cc1SC/C=C/C(=O)O. The Kier molecular flexibility index (Phi) is 4.24. The number of nitrogens with two attached hydrogens (primary N) is 1. The number of nitrogen functional groups attached to an aromatic ring is 1. The minimum atomic E-state index is -0.917. The fourth-order valence-electron chi connectivity index (χ4n) is 1.06. The highest BCUT2D eigenvalue weighted by atomic mass is 32.2. The number of hydrogen-bond acceptors (Lipinski definition) is 3. The maximum atomic E-state index is 10.2. The van der Waals surface area contributed by atoms with Crippen LogP contribution < -0.4 is 5.73 Å². The molecule has 0 fully saturated rings. The molecule has 0 amide bonds. The minimum Gasteiger partial charge on any atom is -0.478 e. The quantitative estimate of drug-likeness (QED) is 0.467. The lowest BCUT2D eigenvalue weighted by Crippen LogP contribution is -1.89. The van der Waals surface area contributed by atoms with E-state index in [2.05, 4.69) is 0 Å². The number of hydrogen-bond donors (Lipinski definition) is 2. The second-order valence-electron chi connectivity index (χ2n) is 3.08. The van der Waals surface area contributed by atoms with Crippen molar-refractivity contribution in [2.45, 2.75) is 11.8 Å². The van der Waals surface area contributed by atoms with Gasteiger partial charge in [0, 0.05) is 22.4 Å². The lowest BCUT2D eigenvalue weighted by Gasteiger charge is -2.04. The maximum Gasteiger partial charge on any atom is 0.328 e. The average Bonchev–Trinajstić information content (AvgIpc) is 2.17. The first-order valence-electron chi connectivity index (χ1n) is 4.48. The van der Waals surface area contributed by atoms with Crippen LogP contribution in [0.25, 0.3) is 0 Å². The zero-order valence-corrected chi connectivity index (χ0v) is 9.25. The number of carbonyl (C=O) groups is 1. The third kappa shape index (κ3) is 4.08. The first-order valence-corrected chi connectivity index (χ1v) is 5.46. The van der Waals surface area contributed by atoms with E-state index in [9.17, 15) is 4.79 Å². The molecule has 0 unspecified atom stereocenters. The van der Waals surface area contributed by atoms with E-state index < -0.39 is 5.97 Å². The summed E-state index contributed by atoms with van der Waals surface area (Å²) in [4.78, 5) is 11.3. The summed E-state index contributed by atoms with van der Waals surface area (Å²) in [6.07, 6.45) is 2.77. The van der Waals surface area contributed by atoms with Gasteiger partial charge in [0.05, 0.1) is 0 Å². The second kappa shape index (κ2) is 5.46. The van der Waals surface area contributed by atoms with Crippen molar-refractivity contribution < 1.29 is 9.90 Å². The summed E-state index contributed by atoms with van der Waals surface area (Å²) in [5, 5.41) is 8.39. The molecule has 0 atom stereocenters. The highest BCUT2D eigenvalue weighted by Crippen LogP contribution is 2.24. The molecule has 0 aliphatic heterocycles. The Bertz CT molecular complexity index is 388. The third-order valence-corrected chi connectivity index (χ3v) is 2.92. The molecule has 1 aromatic carbocycles. The van der Waals surface area contributed by atoms with Crippen LogP contribution in [0.2, 0.25) is 0 Å². The molecule has 0 saturated heterocycles. The molecule has 15 heavy (non-hydrogen) atoms. The van der Waals surface area contributed by atoms with Crippen molar-refractivity contribution in [1.29, 1.82) is 0 Å². The summed E-state index contributed by atoms with van der Waals surface area (Å²) in [7, 11) is 0. The number of carboxylic acid groups (broad SMARTS) is 1. The lowest BCUT2D eigenvalue weighted by molar-refractivity contribution is -0.131. The Balaban J connectivity index is 2.57. The molecule has 0 heterocycles. The fourth-order valence-corrected chi connectivity index (χ4v) is 1.95. The van der Waals surface area contributed by atoms with Gasteiger partial charge in [-0.25, -0.2) is 4.79 Å². The van der Waals surface area contributed by atoms with Crippen molar-refractivity contribution in [3.05, 3.63) is 35.9 Å². The van der Waals surface area contributed by atoms with Gasteiger partial charge in [0.1, 0.15) is 0 Å². The first kappa shape index (κ1) is 11.7. The van der Waals surface area contributed by atoms with Gasteiger partial charge >= 0.3 is 5.97 Å². The number of anilines is 1. The molecule has 0 bridgehead atoms. The Morgan fingerprint density at radius 1 is 1.60 bits per heavy atom. The summed E-state index contributed by atoms with van der Waals surface area (Å²) < 4.78 is 0. The molecule has 0 saturated carbocycles. The van der Waals surface area contributed by atoms with Crippen LogP contribution in [-0.2, 0) is 4.79 Å². The van der Waals surface area contributed by atoms with Gasteiger partial charge in [0.25, 0.3) is 0 Å². The second-order valence-corrected chi connectivity index (χ2v) is 4.14. The molecular weight excluding hydrogens is 210 g/mol. The van der Waals surface area contributed by atoms with Crippen molar-refractivity contribution in [3.63, 3.8) is 0 Å². The van der Waals surface area contributed by atoms with Gasteiger partial charge in [0.2, 0.25) is 0 Å². The molecule has 1 aromatic rings. The van der Waals surface area contributed by atoms with Crippen LogP contribution in [0.4, 0.5) is 5.69 Å². The molecule has 4 heteroatoms. The number of thioether (sulfide) groups is 1. The number of aliphatic carboxylic acids is 1. The van der Waals surface area contributed by atoms with Crippen LogP contribution in [-0.4, -0.2) is 16.8 Å². The van der Waals surface area contributed by atoms with Crippen LogP contribution in [0.5, 0.6) is 0 Å². The van der Waals surface area contributed by atoms with E-state index in [1.54, 1.807) is 17.8 Å². The van der Waals surface area contributed by atoms with E-state index in [0.717, 1.165) is 22.2 Å².